The van der Waals surface area contributed by atoms with E-state index in [0.29, 0.717) is 11.3 Å². The minimum atomic E-state index is 0.0352. The molecule has 5 heteroatoms. The minimum absolute atomic E-state index is 0.0352. The van der Waals surface area contributed by atoms with E-state index in [9.17, 15) is 0 Å². The molecule has 0 saturated carbocycles. The molecule has 1 aromatic rings. The number of nitrogens with zero attached hydrogens (tertiary/aromatic N) is 2. The zero-order chi connectivity index (χ0) is 12.3. The first-order valence-electron chi connectivity index (χ1n) is 6.22. The molecule has 17 heavy (non-hydrogen) atoms. The molecule has 0 N–H and O–H groups in total. The summed E-state index contributed by atoms with van der Waals surface area (Å²) in [6.45, 7) is 6.39. The molecule has 0 spiro atoms. The summed E-state index contributed by atoms with van der Waals surface area (Å²) in [4.78, 5) is 0. The minimum Gasteiger partial charge on any atom is -0.416 e. The van der Waals surface area contributed by atoms with Crippen LogP contribution in [0, 0.1) is 0 Å². The van der Waals surface area contributed by atoms with Crippen LogP contribution in [0.3, 0.4) is 0 Å². The maximum Gasteiger partial charge on any atom is 0.276 e. The van der Waals surface area contributed by atoms with Crippen LogP contribution in [0.2, 0.25) is 0 Å². The highest BCUT2D eigenvalue weighted by Gasteiger charge is 2.31. The summed E-state index contributed by atoms with van der Waals surface area (Å²) in [6, 6.07) is 0. The fourth-order valence-electron chi connectivity index (χ4n) is 1.97. The zero-order valence-corrected chi connectivity index (χ0v) is 11.5. The molecule has 2 heterocycles. The van der Waals surface area contributed by atoms with Gasteiger partial charge in [0.25, 0.3) is 5.22 Å². The summed E-state index contributed by atoms with van der Waals surface area (Å²) in [7, 11) is 0. The SMILES string of the molecule is CCCc1nnc(SC[C@@H]2CCC(C)(C)O2)o1. The molecule has 1 atom stereocenters. The van der Waals surface area contributed by atoms with Gasteiger partial charge in [0.05, 0.1) is 11.7 Å². The average molecular weight is 256 g/mol. The van der Waals surface area contributed by atoms with E-state index in [2.05, 4.69) is 31.0 Å². The molecular formula is C12H20N2O2S. The molecule has 4 nitrogen and oxygen atoms in total. The van der Waals surface area contributed by atoms with Crippen molar-refractivity contribution >= 4 is 11.8 Å². The summed E-state index contributed by atoms with van der Waals surface area (Å²) < 4.78 is 11.4. The zero-order valence-electron chi connectivity index (χ0n) is 10.7. The van der Waals surface area contributed by atoms with Crippen LogP contribution in [-0.2, 0) is 11.2 Å². The lowest BCUT2D eigenvalue weighted by atomic mass is 10.1. The Balaban J connectivity index is 1.78. The topological polar surface area (TPSA) is 48.2 Å². The van der Waals surface area contributed by atoms with Crippen molar-refractivity contribution in [3.8, 4) is 0 Å². The van der Waals surface area contributed by atoms with Gasteiger partial charge in [-0.3, -0.25) is 0 Å². The summed E-state index contributed by atoms with van der Waals surface area (Å²) in [6.07, 6.45) is 4.46. The smallest absolute Gasteiger partial charge is 0.276 e. The number of ether oxygens (including phenoxy) is 1. The highest BCUT2D eigenvalue weighted by Crippen LogP contribution is 2.32. The Kier molecular flexibility index (Phi) is 4.09. The van der Waals surface area contributed by atoms with Gasteiger partial charge in [-0.25, -0.2) is 0 Å². The van der Waals surface area contributed by atoms with E-state index in [4.69, 9.17) is 9.15 Å². The summed E-state index contributed by atoms with van der Waals surface area (Å²) in [5, 5.41) is 8.69. The molecule has 0 radical (unpaired) electrons. The van der Waals surface area contributed by atoms with Gasteiger partial charge in [-0.1, -0.05) is 18.7 Å². The number of aryl methyl sites for hydroxylation is 1. The standard InChI is InChI=1S/C12H20N2O2S/c1-4-5-10-13-14-11(15-10)17-8-9-6-7-12(2,3)16-9/h9H,4-8H2,1-3H3/t9-/m0/s1. The molecule has 1 aromatic heterocycles. The first kappa shape index (κ1) is 12.9. The quantitative estimate of drug-likeness (QED) is 0.758. The average Bonchev–Trinajstić information content (AvgIpc) is 2.83. The number of rotatable bonds is 5. The third kappa shape index (κ3) is 3.71. The van der Waals surface area contributed by atoms with Crippen molar-refractivity contribution in [3.63, 3.8) is 0 Å². The second-order valence-electron chi connectivity index (χ2n) is 5.06. The first-order chi connectivity index (χ1) is 8.09. The van der Waals surface area contributed by atoms with Gasteiger partial charge in [0.1, 0.15) is 0 Å². The van der Waals surface area contributed by atoms with E-state index in [0.717, 1.165) is 37.3 Å². The predicted molar refractivity (Wildman–Crippen MR) is 67.2 cm³/mol. The molecule has 0 bridgehead atoms. The van der Waals surface area contributed by atoms with E-state index >= 15 is 0 Å². The second-order valence-corrected chi connectivity index (χ2v) is 6.03. The first-order valence-corrected chi connectivity index (χ1v) is 7.20. The van der Waals surface area contributed by atoms with Crippen LogP contribution in [0.5, 0.6) is 0 Å². The lowest BCUT2D eigenvalue weighted by Crippen LogP contribution is -2.21. The van der Waals surface area contributed by atoms with Crippen LogP contribution in [0.1, 0.15) is 45.9 Å². The Morgan fingerprint density at radius 3 is 2.88 bits per heavy atom. The molecule has 0 aromatic carbocycles. The van der Waals surface area contributed by atoms with Gasteiger partial charge in [-0.15, -0.1) is 10.2 Å². The highest BCUT2D eigenvalue weighted by molar-refractivity contribution is 7.99. The van der Waals surface area contributed by atoms with Crippen LogP contribution in [0.15, 0.2) is 9.64 Å². The molecule has 0 amide bonds. The maximum atomic E-state index is 5.91. The van der Waals surface area contributed by atoms with Gasteiger partial charge in [0.2, 0.25) is 5.89 Å². The van der Waals surface area contributed by atoms with Gasteiger partial charge in [-0.2, -0.15) is 0 Å². The Hall–Kier alpha value is -0.550. The lowest BCUT2D eigenvalue weighted by molar-refractivity contribution is -0.00473. The van der Waals surface area contributed by atoms with Crippen LogP contribution >= 0.6 is 11.8 Å². The van der Waals surface area contributed by atoms with Crippen molar-refractivity contribution in [2.75, 3.05) is 5.75 Å². The largest absolute Gasteiger partial charge is 0.416 e. The van der Waals surface area contributed by atoms with Gasteiger partial charge in [0, 0.05) is 12.2 Å². The van der Waals surface area contributed by atoms with Crippen molar-refractivity contribution in [3.05, 3.63) is 5.89 Å². The number of hydrogen-bond donors (Lipinski definition) is 0. The third-order valence-electron chi connectivity index (χ3n) is 2.86. The van der Waals surface area contributed by atoms with E-state index in [-0.39, 0.29) is 5.60 Å². The molecule has 0 aliphatic carbocycles. The number of aromatic nitrogens is 2. The van der Waals surface area contributed by atoms with Crippen molar-refractivity contribution < 1.29 is 9.15 Å². The molecule has 96 valence electrons. The summed E-state index contributed by atoms with van der Waals surface area (Å²) in [5.74, 6) is 1.64. The van der Waals surface area contributed by atoms with E-state index < -0.39 is 0 Å². The predicted octanol–water partition coefficient (Wildman–Crippen LogP) is 3.07. The Morgan fingerprint density at radius 1 is 1.41 bits per heavy atom. The van der Waals surface area contributed by atoms with Crippen molar-refractivity contribution in [1.29, 1.82) is 0 Å². The van der Waals surface area contributed by atoms with E-state index in [1.807, 2.05) is 0 Å². The molecule has 2 rings (SSSR count). The normalized spacial score (nSPS) is 23.1. The summed E-state index contributed by atoms with van der Waals surface area (Å²) >= 11 is 1.60. The molecular weight excluding hydrogens is 236 g/mol. The second kappa shape index (κ2) is 5.40. The van der Waals surface area contributed by atoms with Crippen LogP contribution in [0.25, 0.3) is 0 Å². The van der Waals surface area contributed by atoms with Gasteiger partial charge < -0.3 is 9.15 Å². The Morgan fingerprint density at radius 2 is 2.24 bits per heavy atom. The maximum absolute atomic E-state index is 5.91. The van der Waals surface area contributed by atoms with Crippen molar-refractivity contribution in [1.82, 2.24) is 10.2 Å². The van der Waals surface area contributed by atoms with Crippen molar-refractivity contribution in [2.45, 2.75) is 63.4 Å². The third-order valence-corrected chi connectivity index (χ3v) is 3.81. The molecule has 1 aliphatic rings. The van der Waals surface area contributed by atoms with E-state index in [1.54, 1.807) is 11.8 Å². The number of hydrogen-bond acceptors (Lipinski definition) is 5. The van der Waals surface area contributed by atoms with Crippen LogP contribution in [-0.4, -0.2) is 27.7 Å². The fourth-order valence-corrected chi connectivity index (χ4v) is 2.79. The fraction of sp³-hybridized carbons (Fsp3) is 0.833. The number of thioether (sulfide) groups is 1. The monoisotopic (exact) mass is 256 g/mol. The Bertz CT molecular complexity index is 365. The summed E-state index contributed by atoms with van der Waals surface area (Å²) in [5.41, 5.74) is 0.0352. The molecule has 1 fully saturated rings. The van der Waals surface area contributed by atoms with Crippen LogP contribution < -0.4 is 0 Å². The molecule has 0 unspecified atom stereocenters. The lowest BCUT2D eigenvalue weighted by Gasteiger charge is -2.18. The van der Waals surface area contributed by atoms with Gasteiger partial charge in [-0.05, 0) is 33.1 Å². The van der Waals surface area contributed by atoms with E-state index in [1.165, 1.54) is 0 Å². The Labute approximate surface area is 107 Å². The van der Waals surface area contributed by atoms with Gasteiger partial charge >= 0.3 is 0 Å². The van der Waals surface area contributed by atoms with Crippen molar-refractivity contribution in [2.24, 2.45) is 0 Å². The van der Waals surface area contributed by atoms with Gasteiger partial charge in [0.15, 0.2) is 0 Å². The van der Waals surface area contributed by atoms with Crippen LogP contribution in [0.4, 0.5) is 0 Å². The molecule has 1 aliphatic heterocycles. The molecule has 1 saturated heterocycles. The highest BCUT2D eigenvalue weighted by atomic mass is 32.2.